The number of piperidine rings is 1. The van der Waals surface area contributed by atoms with Crippen LogP contribution in [0.15, 0.2) is 23.1 Å². The van der Waals surface area contributed by atoms with Gasteiger partial charge in [-0.15, -0.1) is 0 Å². The SMILES string of the molecule is O=C(COc1ccc(S(=O)(=O)N2CCCCC2)cc1Cl)N1CCCCCC1. The molecule has 0 unspecified atom stereocenters. The summed E-state index contributed by atoms with van der Waals surface area (Å²) in [7, 11) is -3.54. The summed E-state index contributed by atoms with van der Waals surface area (Å²) in [5.74, 6) is 0.274. The minimum Gasteiger partial charge on any atom is -0.482 e. The van der Waals surface area contributed by atoms with Crippen molar-refractivity contribution in [2.24, 2.45) is 0 Å². The van der Waals surface area contributed by atoms with Gasteiger partial charge in [-0.2, -0.15) is 4.31 Å². The molecule has 150 valence electrons. The molecule has 2 fully saturated rings. The van der Waals surface area contributed by atoms with Gasteiger partial charge in [0.1, 0.15) is 5.75 Å². The fraction of sp³-hybridized carbons (Fsp3) is 0.632. The van der Waals surface area contributed by atoms with Crippen LogP contribution in [0.1, 0.15) is 44.9 Å². The van der Waals surface area contributed by atoms with Gasteiger partial charge in [0, 0.05) is 26.2 Å². The molecule has 1 aromatic rings. The van der Waals surface area contributed by atoms with Crippen molar-refractivity contribution in [2.45, 2.75) is 49.8 Å². The first-order valence-corrected chi connectivity index (χ1v) is 11.5. The van der Waals surface area contributed by atoms with E-state index in [1.165, 1.54) is 22.5 Å². The molecular formula is C19H27ClN2O4S. The zero-order valence-corrected chi connectivity index (χ0v) is 17.1. The number of amides is 1. The Morgan fingerprint density at radius 1 is 0.963 bits per heavy atom. The third kappa shape index (κ3) is 5.15. The highest BCUT2D eigenvalue weighted by Crippen LogP contribution is 2.29. The standard InChI is InChI=1S/C19H27ClN2O4S/c20-17-14-16(27(24,25)22-12-6-3-7-13-22)8-9-18(17)26-15-19(23)21-10-4-1-2-5-11-21/h8-9,14H,1-7,10-13,15H2. The van der Waals surface area contributed by atoms with Gasteiger partial charge in [-0.3, -0.25) is 4.79 Å². The van der Waals surface area contributed by atoms with Gasteiger partial charge in [0.15, 0.2) is 6.61 Å². The highest BCUT2D eigenvalue weighted by atomic mass is 35.5. The number of carbonyl (C=O) groups excluding carboxylic acids is 1. The minimum absolute atomic E-state index is 0.0574. The first-order valence-electron chi connectivity index (χ1n) is 9.69. The molecule has 0 aromatic heterocycles. The number of benzene rings is 1. The van der Waals surface area contributed by atoms with Gasteiger partial charge in [0.05, 0.1) is 9.92 Å². The zero-order valence-electron chi connectivity index (χ0n) is 15.5. The maximum absolute atomic E-state index is 12.7. The average molecular weight is 415 g/mol. The quantitative estimate of drug-likeness (QED) is 0.741. The lowest BCUT2D eigenvalue weighted by atomic mass is 10.2. The van der Waals surface area contributed by atoms with Crippen LogP contribution in [0.5, 0.6) is 5.75 Å². The summed E-state index contributed by atoms with van der Waals surface area (Å²) in [6, 6.07) is 4.45. The molecule has 2 aliphatic heterocycles. The van der Waals surface area contributed by atoms with Crippen molar-refractivity contribution in [1.29, 1.82) is 0 Å². The lowest BCUT2D eigenvalue weighted by molar-refractivity contribution is -0.133. The van der Waals surface area contributed by atoms with Crippen LogP contribution in [0.25, 0.3) is 0 Å². The van der Waals surface area contributed by atoms with Crippen LogP contribution < -0.4 is 4.74 Å². The van der Waals surface area contributed by atoms with Gasteiger partial charge in [-0.25, -0.2) is 8.42 Å². The Balaban J connectivity index is 1.63. The third-order valence-electron chi connectivity index (χ3n) is 5.17. The summed E-state index contributed by atoms with van der Waals surface area (Å²) in [6.07, 6.45) is 7.18. The van der Waals surface area contributed by atoms with E-state index >= 15 is 0 Å². The molecule has 0 spiro atoms. The van der Waals surface area contributed by atoms with Crippen molar-refractivity contribution < 1.29 is 17.9 Å². The number of rotatable bonds is 5. The Bertz CT molecular complexity index is 755. The Hall–Kier alpha value is -1.31. The maximum Gasteiger partial charge on any atom is 0.260 e. The fourth-order valence-corrected chi connectivity index (χ4v) is 5.41. The van der Waals surface area contributed by atoms with Crippen LogP contribution in [0.2, 0.25) is 5.02 Å². The Morgan fingerprint density at radius 3 is 2.19 bits per heavy atom. The largest absolute Gasteiger partial charge is 0.482 e. The number of halogens is 1. The summed E-state index contributed by atoms with van der Waals surface area (Å²) >= 11 is 6.24. The van der Waals surface area contributed by atoms with Crippen molar-refractivity contribution in [2.75, 3.05) is 32.8 Å². The molecule has 27 heavy (non-hydrogen) atoms. The smallest absolute Gasteiger partial charge is 0.260 e. The van der Waals surface area contributed by atoms with Crippen LogP contribution in [-0.2, 0) is 14.8 Å². The minimum atomic E-state index is -3.54. The van der Waals surface area contributed by atoms with Crippen molar-refractivity contribution in [3.63, 3.8) is 0 Å². The van der Waals surface area contributed by atoms with Gasteiger partial charge >= 0.3 is 0 Å². The summed E-state index contributed by atoms with van der Waals surface area (Å²) in [5.41, 5.74) is 0. The van der Waals surface area contributed by atoms with E-state index in [-0.39, 0.29) is 22.4 Å². The van der Waals surface area contributed by atoms with Crippen LogP contribution in [0.4, 0.5) is 0 Å². The lowest BCUT2D eigenvalue weighted by Crippen LogP contribution is -2.36. The monoisotopic (exact) mass is 414 g/mol. The predicted octanol–water partition coefficient (Wildman–Crippen LogP) is 3.30. The topological polar surface area (TPSA) is 66.9 Å². The first-order chi connectivity index (χ1) is 13.0. The van der Waals surface area contributed by atoms with Crippen molar-refractivity contribution in [3.05, 3.63) is 23.2 Å². The molecule has 3 rings (SSSR count). The van der Waals surface area contributed by atoms with E-state index in [2.05, 4.69) is 0 Å². The van der Waals surface area contributed by atoms with E-state index < -0.39 is 10.0 Å². The second-order valence-electron chi connectivity index (χ2n) is 7.14. The number of nitrogens with zero attached hydrogens (tertiary/aromatic N) is 2. The van der Waals surface area contributed by atoms with E-state index in [1.807, 2.05) is 4.90 Å². The summed E-state index contributed by atoms with van der Waals surface area (Å²) < 4.78 is 32.5. The number of carbonyl (C=O) groups is 1. The van der Waals surface area contributed by atoms with E-state index in [9.17, 15) is 13.2 Å². The Kier molecular flexibility index (Phi) is 7.00. The van der Waals surface area contributed by atoms with Gasteiger partial charge in [-0.05, 0) is 43.9 Å². The van der Waals surface area contributed by atoms with Crippen LogP contribution in [0.3, 0.4) is 0 Å². The van der Waals surface area contributed by atoms with Crippen LogP contribution in [0, 0.1) is 0 Å². The lowest BCUT2D eigenvalue weighted by Gasteiger charge is -2.26. The molecule has 8 heteroatoms. The van der Waals surface area contributed by atoms with Crippen molar-refractivity contribution >= 4 is 27.5 Å². The molecule has 2 saturated heterocycles. The molecule has 0 atom stereocenters. The number of hydrogen-bond donors (Lipinski definition) is 0. The second-order valence-corrected chi connectivity index (χ2v) is 9.49. The molecule has 6 nitrogen and oxygen atoms in total. The normalized spacial score (nSPS) is 19.5. The number of ether oxygens (including phenoxy) is 1. The molecule has 1 amide bonds. The van der Waals surface area contributed by atoms with E-state index in [0.29, 0.717) is 18.8 Å². The summed E-state index contributed by atoms with van der Waals surface area (Å²) in [5, 5.41) is 0.205. The Morgan fingerprint density at radius 2 is 1.56 bits per heavy atom. The summed E-state index contributed by atoms with van der Waals surface area (Å²) in [4.78, 5) is 14.3. The second kappa shape index (κ2) is 9.26. The molecule has 2 aliphatic rings. The van der Waals surface area contributed by atoms with Crippen LogP contribution >= 0.6 is 11.6 Å². The molecule has 0 N–H and O–H groups in total. The number of hydrogen-bond acceptors (Lipinski definition) is 4. The van der Waals surface area contributed by atoms with Gasteiger partial charge in [0.2, 0.25) is 10.0 Å². The molecule has 2 heterocycles. The third-order valence-corrected chi connectivity index (χ3v) is 7.36. The Labute approximate surface area is 166 Å². The fourth-order valence-electron chi connectivity index (χ4n) is 3.56. The zero-order chi connectivity index (χ0) is 19.3. The molecule has 0 radical (unpaired) electrons. The van der Waals surface area contributed by atoms with Crippen molar-refractivity contribution in [3.8, 4) is 5.75 Å². The highest BCUT2D eigenvalue weighted by molar-refractivity contribution is 7.89. The molecule has 0 bridgehead atoms. The first kappa shape index (κ1) is 20.4. The van der Waals surface area contributed by atoms with Gasteiger partial charge < -0.3 is 9.64 Å². The van der Waals surface area contributed by atoms with E-state index in [4.69, 9.17) is 16.3 Å². The van der Waals surface area contributed by atoms with E-state index in [0.717, 1.165) is 58.0 Å². The molecule has 1 aromatic carbocycles. The van der Waals surface area contributed by atoms with Crippen LogP contribution in [-0.4, -0.2) is 56.3 Å². The molecule has 0 aliphatic carbocycles. The number of likely N-dealkylation sites (tertiary alicyclic amines) is 1. The summed E-state index contributed by atoms with van der Waals surface area (Å²) in [6.45, 7) is 2.54. The average Bonchev–Trinajstić information content (AvgIpc) is 2.97. The van der Waals surface area contributed by atoms with Gasteiger partial charge in [0.25, 0.3) is 5.91 Å². The molecular weight excluding hydrogens is 388 g/mol. The highest BCUT2D eigenvalue weighted by Gasteiger charge is 2.26. The predicted molar refractivity (Wildman–Crippen MR) is 105 cm³/mol. The van der Waals surface area contributed by atoms with E-state index in [1.54, 1.807) is 0 Å². The van der Waals surface area contributed by atoms with Gasteiger partial charge in [-0.1, -0.05) is 30.9 Å². The number of sulfonamides is 1. The van der Waals surface area contributed by atoms with Crippen molar-refractivity contribution in [1.82, 2.24) is 9.21 Å². The molecule has 0 saturated carbocycles. The maximum atomic E-state index is 12.7.